The van der Waals surface area contributed by atoms with E-state index < -0.39 is 0 Å². The van der Waals surface area contributed by atoms with Gasteiger partial charge in [0.1, 0.15) is 0 Å². The van der Waals surface area contributed by atoms with Crippen LogP contribution >= 0.6 is 0 Å². The molecule has 0 N–H and O–H groups in total. The van der Waals surface area contributed by atoms with Gasteiger partial charge in [-0.2, -0.15) is 0 Å². The van der Waals surface area contributed by atoms with Crippen LogP contribution in [0.4, 0.5) is 0 Å². The summed E-state index contributed by atoms with van der Waals surface area (Å²) in [5, 5.41) is 28.8. The van der Waals surface area contributed by atoms with Crippen LogP contribution in [0.15, 0.2) is 218 Å². The zero-order valence-corrected chi connectivity index (χ0v) is 34.8. The summed E-state index contributed by atoms with van der Waals surface area (Å²) in [6.45, 7) is 0. The van der Waals surface area contributed by atoms with Crippen molar-refractivity contribution in [1.29, 1.82) is 0 Å². The maximum atomic E-state index is 2.53. The summed E-state index contributed by atoms with van der Waals surface area (Å²) in [5.41, 5.74) is 7.62. The molecule has 0 fully saturated rings. The van der Waals surface area contributed by atoms with Gasteiger partial charge in [0.15, 0.2) is 0 Å². The van der Waals surface area contributed by atoms with Crippen LogP contribution in [0.3, 0.4) is 0 Å². The van der Waals surface area contributed by atoms with Gasteiger partial charge in [-0.05, 0) is 176 Å². The Morgan fingerprint density at radius 2 is 0.688 bits per heavy atom. The van der Waals surface area contributed by atoms with Crippen molar-refractivity contribution in [1.82, 2.24) is 0 Å². The summed E-state index contributed by atoms with van der Waals surface area (Å²) >= 11 is 0. The summed E-state index contributed by atoms with van der Waals surface area (Å²) in [6, 6.07) is 82.3. The molecule has 0 aliphatic carbocycles. The van der Waals surface area contributed by atoms with Gasteiger partial charge in [0.25, 0.3) is 0 Å². The minimum atomic E-state index is 1.24. The highest BCUT2D eigenvalue weighted by molar-refractivity contribution is 6.46. The third-order valence-electron chi connectivity index (χ3n) is 14.6. The monoisotopic (exact) mass is 804 g/mol. The molecule has 0 heterocycles. The lowest BCUT2D eigenvalue weighted by Gasteiger charge is -2.19. The number of hydrogen-bond acceptors (Lipinski definition) is 0. The third-order valence-corrected chi connectivity index (χ3v) is 14.6. The molecule has 0 saturated carbocycles. The van der Waals surface area contributed by atoms with Crippen molar-refractivity contribution < 1.29 is 0 Å². The first-order chi connectivity index (χ1) is 31.8. The molecule has 0 spiro atoms. The Labute approximate surface area is 368 Å². The van der Waals surface area contributed by atoms with Crippen molar-refractivity contribution >= 4 is 118 Å². The molecular formula is C64H36. The van der Waals surface area contributed by atoms with E-state index in [9.17, 15) is 0 Å². The van der Waals surface area contributed by atoms with Crippen molar-refractivity contribution in [3.05, 3.63) is 218 Å². The second-order valence-electron chi connectivity index (χ2n) is 17.8. The molecule has 0 saturated heterocycles. The Morgan fingerprint density at radius 3 is 1.44 bits per heavy atom. The standard InChI is InChI=1S/C64H36/c1-3-15-37(16-4-1)58-56-36-54-48-24-12-10-22-46(48)49-25-13-27-51(60(49)54)62(56)59(38-17-5-2-6-18-38)63-52-28-14-26-50-57-42(35-55(61(50)52)64(58)63)30-29-40-33-41(31-32-44(40)57)53-34-39-19-7-8-20-43(39)45-21-9-11-23-47(45)53/h1-36H. The molecule has 292 valence electrons. The minimum Gasteiger partial charge on any atom is -0.0622 e. The quantitative estimate of drug-likeness (QED) is 0.156. The average molecular weight is 805 g/mol. The Kier molecular flexibility index (Phi) is 6.77. The Balaban J connectivity index is 1.11. The Bertz CT molecular complexity index is 4440. The molecule has 15 rings (SSSR count). The van der Waals surface area contributed by atoms with E-state index in [1.165, 1.54) is 152 Å². The molecule has 0 amide bonds. The second-order valence-corrected chi connectivity index (χ2v) is 17.8. The zero-order valence-electron chi connectivity index (χ0n) is 34.8. The van der Waals surface area contributed by atoms with Crippen molar-refractivity contribution in [3.8, 4) is 33.4 Å². The first-order valence-electron chi connectivity index (χ1n) is 22.4. The van der Waals surface area contributed by atoms with Crippen LogP contribution in [0.25, 0.3) is 152 Å². The third kappa shape index (κ3) is 4.46. The molecule has 0 radical (unpaired) electrons. The molecule has 0 bridgehead atoms. The molecule has 0 nitrogen and oxygen atoms in total. The van der Waals surface area contributed by atoms with Crippen LogP contribution in [0, 0.1) is 0 Å². The molecule has 0 heteroatoms. The van der Waals surface area contributed by atoms with E-state index in [1.807, 2.05) is 0 Å². The van der Waals surface area contributed by atoms with E-state index in [0.717, 1.165) is 0 Å². The zero-order chi connectivity index (χ0) is 41.6. The first-order valence-corrected chi connectivity index (χ1v) is 22.4. The fourth-order valence-corrected chi connectivity index (χ4v) is 12.1. The summed E-state index contributed by atoms with van der Waals surface area (Å²) in [5.74, 6) is 0. The normalized spacial score (nSPS) is 12.4. The van der Waals surface area contributed by atoms with Gasteiger partial charge in [-0.1, -0.05) is 194 Å². The van der Waals surface area contributed by atoms with Crippen LogP contribution in [-0.2, 0) is 0 Å². The van der Waals surface area contributed by atoms with Gasteiger partial charge in [-0.25, -0.2) is 0 Å². The maximum absolute atomic E-state index is 2.53. The molecule has 15 aromatic carbocycles. The maximum Gasteiger partial charge on any atom is -0.000718 e. The molecular weight excluding hydrogens is 769 g/mol. The van der Waals surface area contributed by atoms with Crippen LogP contribution < -0.4 is 0 Å². The first kappa shape index (κ1) is 34.3. The highest BCUT2D eigenvalue weighted by atomic mass is 14.3. The van der Waals surface area contributed by atoms with Gasteiger partial charge in [0.2, 0.25) is 0 Å². The molecule has 0 atom stereocenters. The minimum absolute atomic E-state index is 1.24. The predicted molar refractivity (Wildman–Crippen MR) is 278 cm³/mol. The van der Waals surface area contributed by atoms with E-state index in [0.29, 0.717) is 0 Å². The van der Waals surface area contributed by atoms with Gasteiger partial charge in [-0.15, -0.1) is 0 Å². The smallest absolute Gasteiger partial charge is 0.000718 e. The van der Waals surface area contributed by atoms with Crippen molar-refractivity contribution in [3.63, 3.8) is 0 Å². The highest BCUT2D eigenvalue weighted by Gasteiger charge is 2.27. The van der Waals surface area contributed by atoms with E-state index in [-0.39, 0.29) is 0 Å². The second kappa shape index (κ2) is 12.6. The van der Waals surface area contributed by atoms with Gasteiger partial charge < -0.3 is 0 Å². The molecule has 15 aromatic rings. The molecule has 0 unspecified atom stereocenters. The van der Waals surface area contributed by atoms with E-state index in [1.54, 1.807) is 0 Å². The molecule has 0 aromatic heterocycles. The predicted octanol–water partition coefficient (Wildman–Crippen LogP) is 18.2. The summed E-state index contributed by atoms with van der Waals surface area (Å²) in [6.07, 6.45) is 0. The number of hydrogen-bond donors (Lipinski definition) is 0. The van der Waals surface area contributed by atoms with E-state index >= 15 is 0 Å². The lowest BCUT2D eigenvalue weighted by Crippen LogP contribution is -1.91. The fourth-order valence-electron chi connectivity index (χ4n) is 12.1. The van der Waals surface area contributed by atoms with Crippen LogP contribution in [-0.4, -0.2) is 0 Å². The molecule has 0 aliphatic rings. The van der Waals surface area contributed by atoms with Gasteiger partial charge >= 0.3 is 0 Å². The van der Waals surface area contributed by atoms with Crippen molar-refractivity contribution in [2.45, 2.75) is 0 Å². The SMILES string of the molecule is c1ccc(-c2c3cc4c5ccccc5c5cccc(c3c(-c3ccccc3)c3c6cccc7c8c(ccc9cc(-c%10cc%11ccccc%11c%11ccccc%10%11)ccc98)cc(c23)c67)c54)cc1. The summed E-state index contributed by atoms with van der Waals surface area (Å²) in [7, 11) is 0. The summed E-state index contributed by atoms with van der Waals surface area (Å²) < 4.78 is 0. The van der Waals surface area contributed by atoms with Gasteiger partial charge in [0, 0.05) is 0 Å². The number of rotatable bonds is 3. The van der Waals surface area contributed by atoms with Crippen molar-refractivity contribution in [2.75, 3.05) is 0 Å². The molecule has 64 heavy (non-hydrogen) atoms. The largest absolute Gasteiger partial charge is 0.0622 e. The Morgan fingerprint density at radius 1 is 0.172 bits per heavy atom. The number of benzene rings is 13. The van der Waals surface area contributed by atoms with Gasteiger partial charge in [0.05, 0.1) is 0 Å². The number of fused-ring (bicyclic) bond motifs is 15. The Hall–Kier alpha value is -8.32. The fraction of sp³-hybridized carbons (Fsp3) is 0. The van der Waals surface area contributed by atoms with Crippen molar-refractivity contribution in [2.24, 2.45) is 0 Å². The van der Waals surface area contributed by atoms with Gasteiger partial charge in [-0.3, -0.25) is 0 Å². The lowest BCUT2D eigenvalue weighted by molar-refractivity contribution is 1.68. The average Bonchev–Trinajstić information content (AvgIpc) is 3.86. The van der Waals surface area contributed by atoms with Crippen LogP contribution in [0.2, 0.25) is 0 Å². The highest BCUT2D eigenvalue weighted by Crippen LogP contribution is 2.55. The van der Waals surface area contributed by atoms with E-state index in [4.69, 9.17) is 0 Å². The van der Waals surface area contributed by atoms with Crippen LogP contribution in [0.5, 0.6) is 0 Å². The lowest BCUT2D eigenvalue weighted by atomic mass is 9.84. The van der Waals surface area contributed by atoms with E-state index in [2.05, 4.69) is 218 Å². The van der Waals surface area contributed by atoms with Crippen LogP contribution in [0.1, 0.15) is 0 Å². The molecule has 0 aliphatic heterocycles. The topological polar surface area (TPSA) is 0 Å². The summed E-state index contributed by atoms with van der Waals surface area (Å²) in [4.78, 5) is 0.